The molecule has 0 heterocycles. The van der Waals surface area contributed by atoms with E-state index in [9.17, 15) is 0 Å². The second-order valence-electron chi connectivity index (χ2n) is 4.73. The molecule has 4 nitrogen and oxygen atoms in total. The largest absolute Gasteiger partial charge is 0.409 e. The number of anilines is 2. The van der Waals surface area contributed by atoms with E-state index in [1.807, 2.05) is 18.2 Å². The number of amidine groups is 1. The Morgan fingerprint density at radius 1 is 1.29 bits per heavy atom. The Bertz CT molecular complexity index is 670. The van der Waals surface area contributed by atoms with Crippen LogP contribution in [0, 0.1) is 6.92 Å². The second kappa shape index (κ2) is 6.50. The molecule has 110 valence electrons. The Kier molecular flexibility index (Phi) is 4.70. The molecule has 21 heavy (non-hydrogen) atoms. The standard InChI is InChI=1S/C16H18ClN3O/c1-3-20(13-6-4-5-11(2)9-13)15-8-7-12(10-14(15)17)16(18)19-21/h4-10,21H,3H2,1-2H3,(H2,18,19). The molecule has 2 aromatic carbocycles. The summed E-state index contributed by atoms with van der Waals surface area (Å²) in [6, 6.07) is 13.6. The van der Waals surface area contributed by atoms with Gasteiger partial charge in [0.2, 0.25) is 0 Å². The summed E-state index contributed by atoms with van der Waals surface area (Å²) in [7, 11) is 0. The molecule has 0 radical (unpaired) electrons. The van der Waals surface area contributed by atoms with Crippen LogP contribution >= 0.6 is 11.6 Å². The number of hydrogen-bond acceptors (Lipinski definition) is 3. The average molecular weight is 304 g/mol. The van der Waals surface area contributed by atoms with Gasteiger partial charge < -0.3 is 15.8 Å². The van der Waals surface area contributed by atoms with E-state index in [0.717, 1.165) is 17.9 Å². The Morgan fingerprint density at radius 3 is 2.62 bits per heavy atom. The summed E-state index contributed by atoms with van der Waals surface area (Å²) in [5, 5.41) is 12.3. The van der Waals surface area contributed by atoms with E-state index in [-0.39, 0.29) is 5.84 Å². The van der Waals surface area contributed by atoms with Gasteiger partial charge in [-0.05, 0) is 49.7 Å². The van der Waals surface area contributed by atoms with E-state index in [0.29, 0.717) is 10.6 Å². The zero-order chi connectivity index (χ0) is 15.4. The van der Waals surface area contributed by atoms with Gasteiger partial charge in [0.05, 0.1) is 10.7 Å². The predicted octanol–water partition coefficient (Wildman–Crippen LogP) is 3.90. The molecule has 3 N–H and O–H groups in total. The van der Waals surface area contributed by atoms with Crippen LogP contribution in [0.3, 0.4) is 0 Å². The fourth-order valence-electron chi connectivity index (χ4n) is 2.23. The molecular weight excluding hydrogens is 286 g/mol. The van der Waals surface area contributed by atoms with Gasteiger partial charge in [-0.25, -0.2) is 0 Å². The van der Waals surface area contributed by atoms with Crippen molar-refractivity contribution in [3.8, 4) is 0 Å². The first-order valence-electron chi connectivity index (χ1n) is 6.68. The fraction of sp³-hybridized carbons (Fsp3) is 0.188. The van der Waals surface area contributed by atoms with Gasteiger partial charge in [0.25, 0.3) is 0 Å². The van der Waals surface area contributed by atoms with Gasteiger partial charge in [0.1, 0.15) is 0 Å². The second-order valence-corrected chi connectivity index (χ2v) is 5.14. The highest BCUT2D eigenvalue weighted by Crippen LogP contribution is 2.32. The minimum Gasteiger partial charge on any atom is -0.409 e. The summed E-state index contributed by atoms with van der Waals surface area (Å²) < 4.78 is 0. The topological polar surface area (TPSA) is 61.8 Å². The number of aryl methyl sites for hydroxylation is 1. The van der Waals surface area contributed by atoms with E-state index in [2.05, 4.69) is 36.0 Å². The molecule has 0 saturated carbocycles. The van der Waals surface area contributed by atoms with Crippen LogP contribution in [-0.2, 0) is 0 Å². The van der Waals surface area contributed by atoms with E-state index in [1.165, 1.54) is 5.56 Å². The molecule has 0 amide bonds. The maximum absolute atomic E-state index is 8.72. The zero-order valence-electron chi connectivity index (χ0n) is 12.0. The third kappa shape index (κ3) is 3.28. The van der Waals surface area contributed by atoms with Crippen LogP contribution in [0.1, 0.15) is 18.1 Å². The molecule has 0 saturated heterocycles. The molecule has 0 aliphatic heterocycles. The summed E-state index contributed by atoms with van der Waals surface area (Å²) in [5.41, 5.74) is 9.33. The Morgan fingerprint density at radius 2 is 2.05 bits per heavy atom. The van der Waals surface area contributed by atoms with E-state index in [1.54, 1.807) is 12.1 Å². The van der Waals surface area contributed by atoms with Gasteiger partial charge in [-0.15, -0.1) is 0 Å². The van der Waals surface area contributed by atoms with Crippen molar-refractivity contribution in [2.75, 3.05) is 11.4 Å². The monoisotopic (exact) mass is 303 g/mol. The third-order valence-electron chi connectivity index (χ3n) is 3.27. The molecule has 0 fully saturated rings. The lowest BCUT2D eigenvalue weighted by Crippen LogP contribution is -2.18. The van der Waals surface area contributed by atoms with Gasteiger partial charge >= 0.3 is 0 Å². The number of benzene rings is 2. The first-order chi connectivity index (χ1) is 10.1. The molecular formula is C16H18ClN3O. The smallest absolute Gasteiger partial charge is 0.170 e. The minimum absolute atomic E-state index is 0.0436. The van der Waals surface area contributed by atoms with Crippen molar-refractivity contribution in [1.82, 2.24) is 0 Å². The van der Waals surface area contributed by atoms with Crippen LogP contribution in [0.4, 0.5) is 11.4 Å². The molecule has 0 unspecified atom stereocenters. The van der Waals surface area contributed by atoms with Crippen molar-refractivity contribution in [1.29, 1.82) is 0 Å². The normalized spacial score (nSPS) is 11.5. The Balaban J connectivity index is 2.44. The number of nitrogens with zero attached hydrogens (tertiary/aromatic N) is 2. The highest BCUT2D eigenvalue weighted by Gasteiger charge is 2.12. The molecule has 2 rings (SSSR count). The van der Waals surface area contributed by atoms with Crippen LogP contribution in [0.25, 0.3) is 0 Å². The SMILES string of the molecule is CCN(c1cccc(C)c1)c1ccc(C(N)=NO)cc1Cl. The molecule has 0 aliphatic carbocycles. The van der Waals surface area contributed by atoms with Crippen LogP contribution in [0.2, 0.25) is 5.02 Å². The highest BCUT2D eigenvalue weighted by atomic mass is 35.5. The number of rotatable bonds is 4. The number of hydrogen-bond donors (Lipinski definition) is 2. The molecule has 0 aliphatic rings. The maximum atomic E-state index is 8.72. The number of nitrogens with two attached hydrogens (primary N) is 1. The molecule has 0 atom stereocenters. The molecule has 0 bridgehead atoms. The zero-order valence-corrected chi connectivity index (χ0v) is 12.8. The van der Waals surface area contributed by atoms with Crippen LogP contribution in [-0.4, -0.2) is 17.6 Å². The number of halogens is 1. The summed E-state index contributed by atoms with van der Waals surface area (Å²) >= 11 is 6.36. The van der Waals surface area contributed by atoms with E-state index in [4.69, 9.17) is 22.5 Å². The Hall–Kier alpha value is -2.20. The highest BCUT2D eigenvalue weighted by molar-refractivity contribution is 6.33. The molecule has 0 spiro atoms. The lowest BCUT2D eigenvalue weighted by atomic mass is 10.1. The van der Waals surface area contributed by atoms with Crippen molar-refractivity contribution in [3.05, 3.63) is 58.6 Å². The van der Waals surface area contributed by atoms with E-state index >= 15 is 0 Å². The minimum atomic E-state index is 0.0436. The van der Waals surface area contributed by atoms with Crippen LogP contribution < -0.4 is 10.6 Å². The van der Waals surface area contributed by atoms with Crippen molar-refractivity contribution in [2.24, 2.45) is 10.9 Å². The summed E-state index contributed by atoms with van der Waals surface area (Å²) in [4.78, 5) is 2.12. The quantitative estimate of drug-likeness (QED) is 0.390. The van der Waals surface area contributed by atoms with Gasteiger partial charge in [0, 0.05) is 17.8 Å². The first-order valence-corrected chi connectivity index (χ1v) is 7.06. The summed E-state index contributed by atoms with van der Waals surface area (Å²) in [6.07, 6.45) is 0. The fourth-order valence-corrected chi connectivity index (χ4v) is 2.51. The lowest BCUT2D eigenvalue weighted by Gasteiger charge is -2.25. The summed E-state index contributed by atoms with van der Waals surface area (Å²) in [5.74, 6) is 0.0436. The molecule has 2 aromatic rings. The Labute approximate surface area is 129 Å². The number of oxime groups is 1. The van der Waals surface area contributed by atoms with Crippen molar-refractivity contribution < 1.29 is 5.21 Å². The van der Waals surface area contributed by atoms with Gasteiger partial charge in [-0.3, -0.25) is 0 Å². The third-order valence-corrected chi connectivity index (χ3v) is 3.57. The van der Waals surface area contributed by atoms with Crippen molar-refractivity contribution in [3.63, 3.8) is 0 Å². The van der Waals surface area contributed by atoms with Gasteiger partial charge in [0.15, 0.2) is 5.84 Å². The van der Waals surface area contributed by atoms with Crippen LogP contribution in [0.5, 0.6) is 0 Å². The van der Waals surface area contributed by atoms with Crippen molar-refractivity contribution >= 4 is 28.8 Å². The van der Waals surface area contributed by atoms with Crippen LogP contribution in [0.15, 0.2) is 47.6 Å². The maximum Gasteiger partial charge on any atom is 0.170 e. The van der Waals surface area contributed by atoms with E-state index < -0.39 is 0 Å². The first kappa shape index (κ1) is 15.2. The predicted molar refractivity (Wildman–Crippen MR) is 87.8 cm³/mol. The van der Waals surface area contributed by atoms with Gasteiger partial charge in [-0.2, -0.15) is 0 Å². The average Bonchev–Trinajstić information content (AvgIpc) is 2.49. The van der Waals surface area contributed by atoms with Gasteiger partial charge in [-0.1, -0.05) is 28.9 Å². The van der Waals surface area contributed by atoms with Crippen molar-refractivity contribution in [2.45, 2.75) is 13.8 Å². The molecule has 0 aromatic heterocycles. The molecule has 5 heteroatoms. The lowest BCUT2D eigenvalue weighted by molar-refractivity contribution is 0.318. The summed E-state index contributed by atoms with van der Waals surface area (Å²) in [6.45, 7) is 4.91.